The molecule has 0 amide bonds. The largest absolute Gasteiger partial charge is 0.618 e. The van der Waals surface area contributed by atoms with Crippen molar-refractivity contribution < 1.29 is 18.9 Å². The highest BCUT2D eigenvalue weighted by molar-refractivity contribution is 8.76. The van der Waals surface area contributed by atoms with E-state index in [1.807, 2.05) is 12.1 Å². The Hall–Kier alpha value is -5.31. The lowest BCUT2D eigenvalue weighted by Crippen LogP contribution is -2.29. The van der Waals surface area contributed by atoms with Crippen molar-refractivity contribution in [3.05, 3.63) is 105 Å². The third kappa shape index (κ3) is 7.48. The van der Waals surface area contributed by atoms with Crippen LogP contribution in [0.1, 0.15) is 0 Å². The van der Waals surface area contributed by atoms with E-state index >= 15 is 0 Å². The Kier molecular flexibility index (Phi) is 9.48. The summed E-state index contributed by atoms with van der Waals surface area (Å²) in [5.41, 5.74) is 2.46. The van der Waals surface area contributed by atoms with Gasteiger partial charge in [-0.3, -0.25) is 0 Å². The number of hydrogen-bond donors (Lipinski definition) is 3. The Labute approximate surface area is 277 Å². The number of H-pyrrole nitrogens is 2. The SMILES string of the molecule is [O-][n+]1cc(N=COc2ccc(-n3[nH]nnc3=S)cc2)ccc1SSc1ccc(NCOc2ccc(-n3[nH]nnc3=S)cc2)c[n+]1[O-]. The molecule has 6 rings (SSSR count). The lowest BCUT2D eigenvalue weighted by atomic mass is 10.3. The molecule has 4 aromatic heterocycles. The van der Waals surface area contributed by atoms with Crippen molar-refractivity contribution in [1.29, 1.82) is 0 Å². The highest BCUT2D eigenvalue weighted by atomic mass is 33.1. The maximum atomic E-state index is 12.6. The second-order valence-corrected chi connectivity index (χ2v) is 11.8. The maximum absolute atomic E-state index is 12.6. The molecule has 3 N–H and O–H groups in total. The number of rotatable bonds is 12. The molecule has 2 aromatic carbocycles. The number of aliphatic imine (C=N–C) groups is 1. The molecule has 0 saturated carbocycles. The van der Waals surface area contributed by atoms with E-state index in [0.717, 1.165) is 37.7 Å². The molecule has 6 aromatic rings. The van der Waals surface area contributed by atoms with Crippen LogP contribution in [-0.2, 0) is 0 Å². The fraction of sp³-hybridized carbons (Fsp3) is 0.0385. The highest BCUT2D eigenvalue weighted by Gasteiger charge is 2.14. The average molecular weight is 693 g/mol. The second kappa shape index (κ2) is 14.2. The minimum absolute atomic E-state index is 0.132. The van der Waals surface area contributed by atoms with E-state index in [1.54, 1.807) is 70.0 Å². The van der Waals surface area contributed by atoms with Crippen LogP contribution in [0.2, 0.25) is 0 Å². The third-order valence-electron chi connectivity index (χ3n) is 5.99. The minimum Gasteiger partial charge on any atom is -0.618 e. The van der Waals surface area contributed by atoms with Gasteiger partial charge in [-0.15, -0.1) is 0 Å². The van der Waals surface area contributed by atoms with Gasteiger partial charge in [-0.2, -0.15) is 19.9 Å². The van der Waals surface area contributed by atoms with Crippen LogP contribution in [-0.4, -0.2) is 53.5 Å². The molecule has 232 valence electrons. The first-order valence-corrected chi connectivity index (χ1v) is 16.0. The Bertz CT molecular complexity index is 2100. The van der Waals surface area contributed by atoms with Crippen LogP contribution in [0.15, 0.2) is 100 Å². The van der Waals surface area contributed by atoms with E-state index in [0.29, 0.717) is 47.2 Å². The molecule has 16 nitrogen and oxygen atoms in total. The van der Waals surface area contributed by atoms with Crippen LogP contribution in [0.4, 0.5) is 11.4 Å². The van der Waals surface area contributed by atoms with Crippen LogP contribution in [0.5, 0.6) is 11.5 Å². The van der Waals surface area contributed by atoms with Crippen molar-refractivity contribution >= 4 is 63.8 Å². The summed E-state index contributed by atoms with van der Waals surface area (Å²) in [6, 6.07) is 20.9. The van der Waals surface area contributed by atoms with E-state index in [-0.39, 0.29) is 6.73 Å². The van der Waals surface area contributed by atoms with Gasteiger partial charge in [0.1, 0.15) is 22.9 Å². The first-order valence-electron chi connectivity index (χ1n) is 13.0. The fourth-order valence-electron chi connectivity index (χ4n) is 3.77. The molecule has 0 saturated heterocycles. The zero-order chi connectivity index (χ0) is 31.9. The molecular formula is C26H20N12O4S4. The molecule has 0 fully saturated rings. The summed E-state index contributed by atoms with van der Waals surface area (Å²) >= 11 is 10.2. The Morgan fingerprint density at radius 1 is 0.783 bits per heavy atom. The molecule has 46 heavy (non-hydrogen) atoms. The van der Waals surface area contributed by atoms with Gasteiger partial charge >= 0.3 is 0 Å². The first-order chi connectivity index (χ1) is 22.4. The zero-order valence-electron chi connectivity index (χ0n) is 23.2. The lowest BCUT2D eigenvalue weighted by Gasteiger charge is -2.10. The number of benzene rings is 2. The number of ether oxygens (including phenoxy) is 2. The number of aromatic nitrogens is 10. The summed E-state index contributed by atoms with van der Waals surface area (Å²) in [5.74, 6) is 1.15. The fourth-order valence-corrected chi connectivity index (χ4v) is 6.10. The summed E-state index contributed by atoms with van der Waals surface area (Å²) < 4.78 is 16.3. The van der Waals surface area contributed by atoms with E-state index in [1.165, 1.54) is 18.8 Å². The van der Waals surface area contributed by atoms with Crippen LogP contribution < -0.4 is 24.3 Å². The molecule has 0 aliphatic heterocycles. The molecule has 0 aliphatic carbocycles. The van der Waals surface area contributed by atoms with E-state index in [4.69, 9.17) is 33.9 Å². The molecule has 4 heterocycles. The van der Waals surface area contributed by atoms with Gasteiger partial charge in [0.2, 0.25) is 21.9 Å². The number of tetrazole rings is 2. The second-order valence-electron chi connectivity index (χ2n) is 8.94. The summed E-state index contributed by atoms with van der Waals surface area (Å²) in [5, 5.41) is 49.1. The average Bonchev–Trinajstić information content (AvgIpc) is 3.70. The van der Waals surface area contributed by atoms with Crippen molar-refractivity contribution in [3.63, 3.8) is 0 Å². The van der Waals surface area contributed by atoms with E-state index in [2.05, 4.69) is 41.4 Å². The van der Waals surface area contributed by atoms with Crippen LogP contribution in [0, 0.1) is 20.0 Å². The van der Waals surface area contributed by atoms with Crippen molar-refractivity contribution in [2.45, 2.75) is 10.1 Å². The smallest absolute Gasteiger partial charge is 0.262 e. The number of pyridine rings is 2. The molecule has 0 radical (unpaired) electrons. The standard InChI is InChI=1S/C26H20N12O4S4/c39-35-13-17(27-15-41-21-7-3-19(4-8-21)37-25(43)29-31-33-37)1-11-23(35)45-46-24-12-2-18(14-36(24)40)28-16-42-22-9-5-20(6-10-22)38-26(44)30-32-34-38/h1-15,28H,16H2,(H,29,33,43)(H,30,34,44). The highest BCUT2D eigenvalue weighted by Crippen LogP contribution is 2.34. The Morgan fingerprint density at radius 3 is 1.89 bits per heavy atom. The summed E-state index contributed by atoms with van der Waals surface area (Å²) in [6.45, 7) is 0.132. The molecule has 0 unspecified atom stereocenters. The Balaban J connectivity index is 0.969. The number of anilines is 1. The van der Waals surface area contributed by atoms with Gasteiger partial charge in [0.25, 0.3) is 10.1 Å². The van der Waals surface area contributed by atoms with E-state index in [9.17, 15) is 10.4 Å². The number of aromatic amines is 2. The van der Waals surface area contributed by atoms with Crippen LogP contribution >= 0.6 is 46.0 Å². The normalized spacial score (nSPS) is 11.1. The van der Waals surface area contributed by atoms with Gasteiger partial charge in [-0.05, 0) is 85.1 Å². The third-order valence-corrected chi connectivity index (χ3v) is 8.85. The first kappa shape index (κ1) is 30.7. The maximum Gasteiger partial charge on any atom is 0.262 e. The van der Waals surface area contributed by atoms with Crippen LogP contribution in [0.3, 0.4) is 0 Å². The molecule has 0 atom stereocenters. The summed E-state index contributed by atoms with van der Waals surface area (Å²) in [6.07, 6.45) is 3.94. The number of nitrogens with one attached hydrogen (secondary N) is 3. The van der Waals surface area contributed by atoms with Gasteiger partial charge in [-0.25, -0.2) is 14.4 Å². The zero-order valence-corrected chi connectivity index (χ0v) is 26.4. The van der Waals surface area contributed by atoms with Gasteiger partial charge in [-0.1, -0.05) is 20.6 Å². The van der Waals surface area contributed by atoms with Crippen molar-refractivity contribution in [2.24, 2.45) is 4.99 Å². The molecule has 20 heteroatoms. The van der Waals surface area contributed by atoms with Gasteiger partial charge in [0.15, 0.2) is 13.1 Å². The van der Waals surface area contributed by atoms with Gasteiger partial charge in [0, 0.05) is 33.7 Å². The van der Waals surface area contributed by atoms with Gasteiger partial charge in [0.05, 0.1) is 11.4 Å². The topological polar surface area (TPSA) is 190 Å². The minimum atomic E-state index is 0.132. The summed E-state index contributed by atoms with van der Waals surface area (Å²) in [4.78, 5) is 4.18. The van der Waals surface area contributed by atoms with E-state index < -0.39 is 0 Å². The predicted molar refractivity (Wildman–Crippen MR) is 174 cm³/mol. The molecular weight excluding hydrogens is 673 g/mol. The van der Waals surface area contributed by atoms with Gasteiger partial charge < -0.3 is 25.2 Å². The van der Waals surface area contributed by atoms with Crippen molar-refractivity contribution in [1.82, 2.24) is 40.4 Å². The van der Waals surface area contributed by atoms with Crippen molar-refractivity contribution in [3.8, 4) is 22.9 Å². The van der Waals surface area contributed by atoms with Crippen molar-refractivity contribution in [2.75, 3.05) is 12.0 Å². The molecule has 0 aliphatic rings. The summed E-state index contributed by atoms with van der Waals surface area (Å²) in [7, 11) is 2.30. The lowest BCUT2D eigenvalue weighted by molar-refractivity contribution is -0.645. The quantitative estimate of drug-likeness (QED) is 0.0315. The monoisotopic (exact) mass is 692 g/mol. The predicted octanol–water partition coefficient (Wildman–Crippen LogP) is 4.22. The number of hydrogen-bond acceptors (Lipinski definition) is 14. The molecule has 0 bridgehead atoms. The molecule has 0 spiro atoms. The number of nitrogens with zero attached hydrogens (tertiary/aromatic N) is 9. The Morgan fingerprint density at radius 2 is 1.35 bits per heavy atom. The van der Waals surface area contributed by atoms with Crippen LogP contribution in [0.25, 0.3) is 11.4 Å².